The molecule has 0 spiro atoms. The number of hydrogen-bond acceptors (Lipinski definition) is 12. The number of pyridine rings is 1. The lowest BCUT2D eigenvalue weighted by Gasteiger charge is -2.26. The van der Waals surface area contributed by atoms with Crippen LogP contribution >= 0.6 is 11.3 Å². The van der Waals surface area contributed by atoms with E-state index in [9.17, 15) is 9.90 Å². The van der Waals surface area contributed by atoms with Gasteiger partial charge in [0.25, 0.3) is 0 Å². The lowest BCUT2D eigenvalue weighted by atomic mass is 10.1. The Morgan fingerprint density at radius 1 is 1.10 bits per heavy atom. The minimum absolute atomic E-state index is 0.0119. The van der Waals surface area contributed by atoms with Crippen LogP contribution in [0, 0.1) is 6.92 Å². The van der Waals surface area contributed by atoms with Gasteiger partial charge in [-0.15, -0.1) is 11.3 Å². The van der Waals surface area contributed by atoms with E-state index in [0.717, 1.165) is 21.3 Å². The number of fused-ring (bicyclic) bond motifs is 4. The molecule has 5 aromatic rings. The largest absolute Gasteiger partial charge is 0.484 e. The number of methoxy groups -OCH3 is 2. The average Bonchev–Trinajstić information content (AvgIpc) is 3.46. The molecule has 13 heteroatoms. The summed E-state index contributed by atoms with van der Waals surface area (Å²) in [6.45, 7) is 1.96. The number of amides is 1. The first-order valence-electron chi connectivity index (χ1n) is 12.6. The normalized spacial score (nSPS) is 14.2. The number of anilines is 1. The zero-order chi connectivity index (χ0) is 28.5. The molecule has 0 fully saturated rings. The van der Waals surface area contributed by atoms with E-state index < -0.39 is 12.2 Å². The summed E-state index contributed by atoms with van der Waals surface area (Å²) < 4.78 is 28.7. The molecule has 4 heterocycles. The third kappa shape index (κ3) is 5.24. The standard InChI is InChI=1S/C28H25N5O7S/c1-14-6-20-25(38-12-17(40-20)13-39-28(35)31-16-4-5-21(36-2)29-9-16)26-23(14)33-27(41-26)18-7-15(11-34)8-19-24(18)30-10-22(32-19)37-3/h4-10,17,34H,11-13H2,1-3H3,(H,31,35)/t17-/m1/s1. The zero-order valence-electron chi connectivity index (χ0n) is 22.3. The second kappa shape index (κ2) is 11.0. The molecule has 2 aromatic carbocycles. The number of aliphatic hydroxyl groups excluding tert-OH is 1. The molecule has 3 aromatic heterocycles. The fraction of sp³-hybridized carbons (Fsp3) is 0.250. The molecule has 0 saturated carbocycles. The molecule has 0 aliphatic carbocycles. The smallest absolute Gasteiger partial charge is 0.411 e. The van der Waals surface area contributed by atoms with Crippen molar-refractivity contribution in [2.45, 2.75) is 19.6 Å². The van der Waals surface area contributed by atoms with Crippen molar-refractivity contribution < 1.29 is 33.6 Å². The first-order chi connectivity index (χ1) is 19.9. The number of carbonyl (C=O) groups excluding carboxylic acids is 1. The Kier molecular flexibility index (Phi) is 7.12. The Hall–Kier alpha value is -4.75. The summed E-state index contributed by atoms with van der Waals surface area (Å²) in [5.41, 5.74) is 4.82. The van der Waals surface area contributed by atoms with Gasteiger partial charge in [-0.3, -0.25) is 5.32 Å². The monoisotopic (exact) mass is 575 g/mol. The Morgan fingerprint density at radius 3 is 2.71 bits per heavy atom. The maximum atomic E-state index is 12.3. The number of nitrogens with zero attached hydrogens (tertiary/aromatic N) is 4. The van der Waals surface area contributed by atoms with Crippen molar-refractivity contribution in [3.63, 3.8) is 0 Å². The van der Waals surface area contributed by atoms with Crippen LogP contribution in [0.5, 0.6) is 23.3 Å². The van der Waals surface area contributed by atoms with Crippen LogP contribution in [0.25, 0.3) is 31.8 Å². The highest BCUT2D eigenvalue weighted by Gasteiger charge is 2.27. The van der Waals surface area contributed by atoms with Gasteiger partial charge >= 0.3 is 6.09 Å². The van der Waals surface area contributed by atoms with E-state index >= 15 is 0 Å². The third-order valence-electron chi connectivity index (χ3n) is 6.38. The topological polar surface area (TPSA) is 147 Å². The highest BCUT2D eigenvalue weighted by atomic mass is 32.1. The SMILES string of the molecule is COc1ccc(NC(=O)OC[C@H]2COc3c(cc(C)c4nc(-c5cc(CO)cc6nc(OC)cnc56)sc34)O2)cn1. The number of aromatic nitrogens is 4. The van der Waals surface area contributed by atoms with Crippen LogP contribution in [-0.2, 0) is 11.3 Å². The first-order valence-corrected chi connectivity index (χ1v) is 13.4. The van der Waals surface area contributed by atoms with Crippen LogP contribution in [0.1, 0.15) is 11.1 Å². The molecule has 1 atom stereocenters. The Labute approximate surface area is 237 Å². The van der Waals surface area contributed by atoms with E-state index in [-0.39, 0.29) is 19.8 Å². The molecule has 1 amide bonds. The maximum Gasteiger partial charge on any atom is 0.411 e. The van der Waals surface area contributed by atoms with Crippen LogP contribution in [0.4, 0.5) is 10.5 Å². The van der Waals surface area contributed by atoms with Gasteiger partial charge in [-0.1, -0.05) is 0 Å². The average molecular weight is 576 g/mol. The van der Waals surface area contributed by atoms with Crippen molar-refractivity contribution in [3.05, 3.63) is 53.9 Å². The summed E-state index contributed by atoms with van der Waals surface area (Å²) in [4.78, 5) is 30.2. The van der Waals surface area contributed by atoms with E-state index in [2.05, 4.69) is 20.3 Å². The molecule has 0 radical (unpaired) electrons. The lowest BCUT2D eigenvalue weighted by Crippen LogP contribution is -2.35. The van der Waals surface area contributed by atoms with Gasteiger partial charge in [-0.2, -0.15) is 0 Å². The van der Waals surface area contributed by atoms with Crippen molar-refractivity contribution in [1.82, 2.24) is 19.9 Å². The predicted molar refractivity (Wildman–Crippen MR) is 151 cm³/mol. The second-order valence-electron chi connectivity index (χ2n) is 9.16. The molecule has 1 aliphatic heterocycles. The highest BCUT2D eigenvalue weighted by molar-refractivity contribution is 7.22. The van der Waals surface area contributed by atoms with Crippen LogP contribution < -0.4 is 24.3 Å². The molecule has 0 unspecified atom stereocenters. The third-order valence-corrected chi connectivity index (χ3v) is 7.47. The van der Waals surface area contributed by atoms with Crippen molar-refractivity contribution in [1.29, 1.82) is 0 Å². The number of benzene rings is 2. The summed E-state index contributed by atoms with van der Waals surface area (Å²) in [5.74, 6) is 1.94. The number of carbonyl (C=O) groups is 1. The van der Waals surface area contributed by atoms with Crippen LogP contribution in [0.3, 0.4) is 0 Å². The van der Waals surface area contributed by atoms with Gasteiger partial charge in [0.2, 0.25) is 11.8 Å². The number of nitrogens with one attached hydrogen (secondary N) is 1. The molecule has 2 N–H and O–H groups in total. The Bertz CT molecular complexity index is 1750. The van der Waals surface area contributed by atoms with Crippen molar-refractivity contribution in [2.75, 3.05) is 32.8 Å². The van der Waals surface area contributed by atoms with Crippen molar-refractivity contribution in [2.24, 2.45) is 0 Å². The Morgan fingerprint density at radius 2 is 1.95 bits per heavy atom. The quantitative estimate of drug-likeness (QED) is 0.282. The Balaban J connectivity index is 1.23. The number of aliphatic hydroxyl groups is 1. The van der Waals surface area contributed by atoms with Gasteiger partial charge in [-0.25, -0.2) is 24.7 Å². The summed E-state index contributed by atoms with van der Waals surface area (Å²) in [7, 11) is 3.04. The zero-order valence-corrected chi connectivity index (χ0v) is 23.2. The van der Waals surface area contributed by atoms with Gasteiger partial charge in [0.15, 0.2) is 17.6 Å². The van der Waals surface area contributed by atoms with Crippen LogP contribution in [-0.4, -0.2) is 64.7 Å². The predicted octanol–water partition coefficient (Wildman–Crippen LogP) is 4.51. The molecule has 0 saturated heterocycles. The molecule has 12 nitrogen and oxygen atoms in total. The molecule has 0 bridgehead atoms. The van der Waals surface area contributed by atoms with Crippen molar-refractivity contribution in [3.8, 4) is 33.8 Å². The van der Waals surface area contributed by atoms with E-state index in [1.54, 1.807) is 24.4 Å². The molecular weight excluding hydrogens is 550 g/mol. The van der Waals surface area contributed by atoms with Gasteiger partial charge in [0.1, 0.15) is 22.9 Å². The molecule has 210 valence electrons. The number of hydrogen-bond donors (Lipinski definition) is 2. The highest BCUT2D eigenvalue weighted by Crippen LogP contribution is 2.46. The minimum atomic E-state index is -0.636. The van der Waals surface area contributed by atoms with E-state index in [1.165, 1.54) is 31.8 Å². The molecule has 41 heavy (non-hydrogen) atoms. The fourth-order valence-electron chi connectivity index (χ4n) is 4.41. The van der Waals surface area contributed by atoms with Crippen LogP contribution in [0.15, 0.2) is 42.7 Å². The van der Waals surface area contributed by atoms with Crippen LogP contribution in [0.2, 0.25) is 0 Å². The number of ether oxygens (including phenoxy) is 5. The van der Waals surface area contributed by atoms with Gasteiger partial charge in [0, 0.05) is 11.6 Å². The maximum absolute atomic E-state index is 12.3. The number of aryl methyl sites for hydroxylation is 1. The molecule has 6 rings (SSSR count). The van der Waals surface area contributed by atoms with Gasteiger partial charge in [-0.05, 0) is 42.3 Å². The van der Waals surface area contributed by atoms with E-state index in [0.29, 0.717) is 50.6 Å². The van der Waals surface area contributed by atoms with E-state index in [1.807, 2.05) is 19.1 Å². The summed E-state index contributed by atoms with van der Waals surface area (Å²) in [6, 6.07) is 8.80. The molecular formula is C28H25N5O7S. The number of rotatable bonds is 7. The second-order valence-corrected chi connectivity index (χ2v) is 10.2. The summed E-state index contributed by atoms with van der Waals surface area (Å²) in [6.07, 6.45) is 1.89. The lowest BCUT2D eigenvalue weighted by molar-refractivity contribution is 0.0383. The molecule has 1 aliphatic rings. The first kappa shape index (κ1) is 26.5. The minimum Gasteiger partial charge on any atom is -0.484 e. The van der Waals surface area contributed by atoms with Crippen molar-refractivity contribution >= 4 is 44.4 Å². The summed E-state index contributed by atoms with van der Waals surface area (Å²) in [5, 5.41) is 13.2. The number of thiazole rings is 1. The fourth-order valence-corrected chi connectivity index (χ4v) is 5.56. The van der Waals surface area contributed by atoms with E-state index in [4.69, 9.17) is 28.7 Å². The van der Waals surface area contributed by atoms with Gasteiger partial charge in [0.05, 0.1) is 55.5 Å². The van der Waals surface area contributed by atoms with Gasteiger partial charge < -0.3 is 28.8 Å². The summed E-state index contributed by atoms with van der Waals surface area (Å²) >= 11 is 1.44.